The summed E-state index contributed by atoms with van der Waals surface area (Å²) in [5.74, 6) is -3.29. The van der Waals surface area contributed by atoms with Crippen LogP contribution in [0.1, 0.15) is 135 Å². The Bertz CT molecular complexity index is 743. The molecule has 0 aliphatic heterocycles. The van der Waals surface area contributed by atoms with E-state index in [9.17, 15) is 29.1 Å². The van der Waals surface area contributed by atoms with Gasteiger partial charge in [-0.25, -0.2) is 9.59 Å². The van der Waals surface area contributed by atoms with Gasteiger partial charge in [-0.3, -0.25) is 14.4 Å². The van der Waals surface area contributed by atoms with E-state index in [-0.39, 0.29) is 63.6 Å². The van der Waals surface area contributed by atoms with Gasteiger partial charge in [0.25, 0.3) is 0 Å². The number of ether oxygens (including phenoxy) is 2. The molecule has 0 rings (SSSR count). The average Bonchev–Trinajstić information content (AvgIpc) is 2.93. The molecule has 11 nitrogen and oxygen atoms in total. The van der Waals surface area contributed by atoms with Gasteiger partial charge in [-0.15, -0.1) is 0 Å². The van der Waals surface area contributed by atoms with E-state index in [0.717, 1.165) is 44.9 Å². The molecule has 1 atom stereocenters. The number of nitrogens with one attached hydrogen (secondary N) is 1. The lowest BCUT2D eigenvalue weighted by atomic mass is 10.0. The maximum atomic E-state index is 12.2. The normalized spacial score (nSPS) is 11.7. The Morgan fingerprint density at radius 2 is 0.976 bits per heavy atom. The Morgan fingerprint density at radius 3 is 1.45 bits per heavy atom. The molecule has 0 bridgehead atoms. The minimum atomic E-state index is -1.14. The predicted molar refractivity (Wildman–Crippen MR) is 158 cm³/mol. The molecule has 11 heteroatoms. The van der Waals surface area contributed by atoms with Crippen molar-refractivity contribution in [2.75, 3.05) is 26.4 Å². The van der Waals surface area contributed by atoms with Crippen molar-refractivity contribution in [3.8, 4) is 0 Å². The Morgan fingerprint density at radius 1 is 0.500 bits per heavy atom. The minimum absolute atomic E-state index is 0.0540. The number of hydrogen-bond donors (Lipinski definition) is 4. The molecule has 0 aromatic heterocycles. The number of carbonyl (C=O) groups excluding carboxylic acids is 2. The fraction of sp³-hybridized carbons (Fsp3) is 0.839. The van der Waals surface area contributed by atoms with Gasteiger partial charge in [0.15, 0.2) is 0 Å². The lowest BCUT2D eigenvalue weighted by Gasteiger charge is -2.14. The van der Waals surface area contributed by atoms with Crippen LogP contribution in [0.2, 0.25) is 0 Å². The number of aliphatic carboxylic acids is 3. The third-order valence-corrected chi connectivity index (χ3v) is 6.98. The van der Waals surface area contributed by atoms with Crippen molar-refractivity contribution in [1.29, 1.82) is 0 Å². The summed E-state index contributed by atoms with van der Waals surface area (Å²) in [6.07, 6.45) is 18.1. The number of carboxylic acids is 3. The molecule has 1 amide bonds. The van der Waals surface area contributed by atoms with Crippen LogP contribution in [-0.2, 0) is 33.4 Å². The fourth-order valence-electron chi connectivity index (χ4n) is 4.56. The zero-order valence-corrected chi connectivity index (χ0v) is 25.5. The number of carboxylic acid groups (broad SMARTS) is 3. The first-order valence-corrected chi connectivity index (χ1v) is 15.8. The molecule has 0 saturated heterocycles. The van der Waals surface area contributed by atoms with E-state index in [1.165, 1.54) is 51.4 Å². The highest BCUT2D eigenvalue weighted by molar-refractivity contribution is 5.84. The molecule has 0 aromatic rings. The van der Waals surface area contributed by atoms with Gasteiger partial charge >= 0.3 is 17.9 Å². The van der Waals surface area contributed by atoms with Crippen molar-refractivity contribution < 1.29 is 48.8 Å². The lowest BCUT2D eigenvalue weighted by molar-refractivity contribution is -0.143. The second-order valence-corrected chi connectivity index (χ2v) is 10.9. The van der Waals surface area contributed by atoms with Gasteiger partial charge in [-0.2, -0.15) is 0 Å². The van der Waals surface area contributed by atoms with Crippen molar-refractivity contribution in [3.63, 3.8) is 0 Å². The van der Waals surface area contributed by atoms with E-state index in [0.29, 0.717) is 13.0 Å². The smallest absolute Gasteiger partial charge is 0.329 e. The lowest BCUT2D eigenvalue weighted by Crippen LogP contribution is -2.41. The fourth-order valence-corrected chi connectivity index (χ4v) is 4.56. The van der Waals surface area contributed by atoms with E-state index in [1.807, 2.05) is 0 Å². The monoisotopic (exact) mass is 601 g/mol. The van der Waals surface area contributed by atoms with Crippen LogP contribution >= 0.6 is 0 Å². The molecule has 0 aliphatic rings. The molecule has 42 heavy (non-hydrogen) atoms. The molecule has 244 valence electrons. The van der Waals surface area contributed by atoms with Crippen LogP contribution in [0.5, 0.6) is 0 Å². The third kappa shape index (κ3) is 29.0. The maximum Gasteiger partial charge on any atom is 0.329 e. The number of ketones is 1. The zero-order valence-electron chi connectivity index (χ0n) is 25.5. The summed E-state index contributed by atoms with van der Waals surface area (Å²) in [5, 5.41) is 29.0. The van der Waals surface area contributed by atoms with Crippen molar-refractivity contribution in [2.24, 2.45) is 0 Å². The topological polar surface area (TPSA) is 177 Å². The SMILES string of the molecule is O=C(O)CCCCCCCCCCCCCCCCCC(=O)N[C@@H](CCC(=O)CCCOCCOCC(=O)O)C(=O)O. The summed E-state index contributed by atoms with van der Waals surface area (Å²) >= 11 is 0. The number of amides is 1. The first kappa shape index (κ1) is 39.5. The maximum absolute atomic E-state index is 12.2. The van der Waals surface area contributed by atoms with Gasteiger partial charge in [0.05, 0.1) is 13.2 Å². The third-order valence-electron chi connectivity index (χ3n) is 6.98. The van der Waals surface area contributed by atoms with Gasteiger partial charge in [0, 0.05) is 32.3 Å². The molecule has 0 aromatic carbocycles. The Labute approximate surface area is 251 Å². The van der Waals surface area contributed by atoms with Crippen molar-refractivity contribution in [1.82, 2.24) is 5.32 Å². The van der Waals surface area contributed by atoms with Gasteiger partial charge in [0.1, 0.15) is 18.4 Å². The second-order valence-electron chi connectivity index (χ2n) is 10.9. The molecule has 0 saturated carbocycles. The molecule has 0 radical (unpaired) electrons. The molecule has 0 unspecified atom stereocenters. The van der Waals surface area contributed by atoms with E-state index in [1.54, 1.807) is 0 Å². The quantitative estimate of drug-likeness (QED) is 0.0718. The summed E-state index contributed by atoms with van der Waals surface area (Å²) in [6.45, 7) is 0.330. The van der Waals surface area contributed by atoms with Crippen molar-refractivity contribution in [3.05, 3.63) is 0 Å². The second kappa shape index (κ2) is 28.6. The first-order valence-electron chi connectivity index (χ1n) is 15.8. The highest BCUT2D eigenvalue weighted by Gasteiger charge is 2.20. The summed E-state index contributed by atoms with van der Waals surface area (Å²) in [5.41, 5.74) is 0. The van der Waals surface area contributed by atoms with E-state index in [2.05, 4.69) is 5.32 Å². The number of Topliss-reactive ketones (excluding diaryl/α,β-unsaturated/α-hetero) is 1. The first-order chi connectivity index (χ1) is 20.2. The average molecular weight is 602 g/mol. The summed E-state index contributed by atoms with van der Waals surface area (Å²) in [6, 6.07) is -1.08. The van der Waals surface area contributed by atoms with Crippen LogP contribution in [-0.4, -0.2) is 77.4 Å². The number of unbranched alkanes of at least 4 members (excludes halogenated alkanes) is 14. The highest BCUT2D eigenvalue weighted by Crippen LogP contribution is 2.14. The van der Waals surface area contributed by atoms with Crippen LogP contribution in [0, 0.1) is 0 Å². The van der Waals surface area contributed by atoms with Crippen LogP contribution in [0.3, 0.4) is 0 Å². The van der Waals surface area contributed by atoms with Crippen LogP contribution in [0.4, 0.5) is 0 Å². The Hall–Kier alpha value is -2.53. The number of carbonyl (C=O) groups is 5. The highest BCUT2D eigenvalue weighted by atomic mass is 16.5. The van der Waals surface area contributed by atoms with Gasteiger partial charge < -0.3 is 30.1 Å². The predicted octanol–water partition coefficient (Wildman–Crippen LogP) is 5.52. The van der Waals surface area contributed by atoms with E-state index < -0.39 is 23.9 Å². The molecule has 0 aliphatic carbocycles. The minimum Gasteiger partial charge on any atom is -0.481 e. The summed E-state index contributed by atoms with van der Waals surface area (Å²) in [7, 11) is 0. The van der Waals surface area contributed by atoms with Crippen molar-refractivity contribution >= 4 is 29.6 Å². The van der Waals surface area contributed by atoms with Crippen LogP contribution in [0.15, 0.2) is 0 Å². The van der Waals surface area contributed by atoms with Gasteiger partial charge in [-0.1, -0.05) is 83.5 Å². The standard InChI is InChI=1S/C31H55NO10/c33-26(17-16-22-41-23-24-42-25-30(37)38)20-21-27(31(39)40)32-28(34)18-14-12-10-8-6-4-2-1-3-5-7-9-11-13-15-19-29(35)36/h27H,1-25H2,(H,32,34)(H,35,36)(H,37,38)(H,39,40)/t27-/m0/s1. The molecular formula is C31H55NO10. The van der Waals surface area contributed by atoms with Gasteiger partial charge in [0.2, 0.25) is 5.91 Å². The molecule has 0 heterocycles. The molecule has 0 spiro atoms. The zero-order chi connectivity index (χ0) is 31.3. The summed E-state index contributed by atoms with van der Waals surface area (Å²) < 4.78 is 10.1. The molecule has 0 fully saturated rings. The number of rotatable bonds is 32. The Kier molecular flexibility index (Phi) is 26.9. The number of hydrogen-bond acceptors (Lipinski definition) is 7. The van der Waals surface area contributed by atoms with Crippen LogP contribution < -0.4 is 5.32 Å². The van der Waals surface area contributed by atoms with E-state index >= 15 is 0 Å². The van der Waals surface area contributed by atoms with E-state index in [4.69, 9.17) is 19.7 Å². The molecule has 4 N–H and O–H groups in total. The van der Waals surface area contributed by atoms with Gasteiger partial charge in [-0.05, 0) is 25.7 Å². The summed E-state index contributed by atoms with van der Waals surface area (Å²) in [4.78, 5) is 56.5. The van der Waals surface area contributed by atoms with Crippen LogP contribution in [0.25, 0.3) is 0 Å². The van der Waals surface area contributed by atoms with Crippen molar-refractivity contribution in [2.45, 2.75) is 141 Å². The largest absolute Gasteiger partial charge is 0.481 e. The molecular weight excluding hydrogens is 546 g/mol. The Balaban J connectivity index is 3.63.